The number of hydrogen-bond donors (Lipinski definition) is 1. The molecule has 12 heteroatoms. The topological polar surface area (TPSA) is 84.6 Å². The van der Waals surface area contributed by atoms with E-state index in [9.17, 15) is 18.0 Å². The van der Waals surface area contributed by atoms with Gasteiger partial charge in [-0.15, -0.1) is 18.3 Å². The van der Waals surface area contributed by atoms with Crippen molar-refractivity contribution in [1.82, 2.24) is 20.1 Å². The Balaban J connectivity index is 1.28. The lowest BCUT2D eigenvalue weighted by molar-refractivity contribution is -0.274. The molecule has 0 radical (unpaired) electrons. The fraction of sp³-hybridized carbons (Fsp3) is 0.273. The average Bonchev–Trinajstić information content (AvgIpc) is 3.48. The molecule has 3 aromatic carbocycles. The van der Waals surface area contributed by atoms with Gasteiger partial charge in [-0.1, -0.05) is 54.2 Å². The number of anilines is 1. The fourth-order valence-corrected chi connectivity index (χ4v) is 6.27. The number of carbonyl (C=O) groups excluding carboxylic acids is 1. The highest BCUT2D eigenvalue weighted by molar-refractivity contribution is 8.14. The number of aryl methyl sites for hydroxylation is 2. The Morgan fingerprint density at radius 2 is 1.69 bits per heavy atom. The number of alkyl halides is 3. The van der Waals surface area contributed by atoms with E-state index in [2.05, 4.69) is 62.9 Å². The minimum Gasteiger partial charge on any atom is -0.406 e. The molecule has 1 saturated heterocycles. The van der Waals surface area contributed by atoms with Crippen molar-refractivity contribution in [3.05, 3.63) is 95.4 Å². The Hall–Kier alpha value is -4.58. The maximum atomic E-state index is 13.1. The van der Waals surface area contributed by atoms with Crippen molar-refractivity contribution in [2.24, 2.45) is 4.99 Å². The van der Waals surface area contributed by atoms with Crippen LogP contribution in [0.3, 0.4) is 0 Å². The molecule has 0 spiro atoms. The zero-order valence-electron chi connectivity index (χ0n) is 25.5. The molecular formula is C33H33F3N6O2S. The van der Waals surface area contributed by atoms with E-state index in [1.54, 1.807) is 11.8 Å². The maximum absolute atomic E-state index is 13.1. The monoisotopic (exact) mass is 634 g/mol. The van der Waals surface area contributed by atoms with Gasteiger partial charge < -0.3 is 15.0 Å². The van der Waals surface area contributed by atoms with Gasteiger partial charge in [-0.05, 0) is 87.6 Å². The molecule has 1 aliphatic heterocycles. The number of amides is 2. The minimum atomic E-state index is -4.75. The van der Waals surface area contributed by atoms with Crippen LogP contribution < -0.4 is 15.0 Å². The molecule has 0 aliphatic carbocycles. The van der Waals surface area contributed by atoms with E-state index in [-0.39, 0.29) is 11.8 Å². The lowest BCUT2D eigenvalue weighted by Crippen LogP contribution is -2.43. The normalized spacial score (nSPS) is 16.8. The first-order valence-corrected chi connectivity index (χ1v) is 15.3. The quantitative estimate of drug-likeness (QED) is 0.230. The zero-order chi connectivity index (χ0) is 32.3. The highest BCUT2D eigenvalue weighted by atomic mass is 32.2. The first-order chi connectivity index (χ1) is 21.4. The summed E-state index contributed by atoms with van der Waals surface area (Å²) in [4.78, 5) is 24.1. The highest BCUT2D eigenvalue weighted by Crippen LogP contribution is 2.34. The van der Waals surface area contributed by atoms with Gasteiger partial charge in [0.1, 0.15) is 12.1 Å². The van der Waals surface area contributed by atoms with Crippen molar-refractivity contribution in [1.29, 1.82) is 0 Å². The number of para-hydroxylation sites is 1. The van der Waals surface area contributed by atoms with Gasteiger partial charge in [-0.3, -0.25) is 0 Å². The summed E-state index contributed by atoms with van der Waals surface area (Å²) >= 11 is 1.59. The van der Waals surface area contributed by atoms with E-state index in [0.717, 1.165) is 45.7 Å². The number of thioether (sulfide) groups is 1. The van der Waals surface area contributed by atoms with Gasteiger partial charge in [0.2, 0.25) is 0 Å². The van der Waals surface area contributed by atoms with E-state index in [1.165, 1.54) is 35.3 Å². The van der Waals surface area contributed by atoms with E-state index >= 15 is 0 Å². The lowest BCUT2D eigenvalue weighted by atomic mass is 10.0. The van der Waals surface area contributed by atoms with E-state index in [0.29, 0.717) is 22.4 Å². The van der Waals surface area contributed by atoms with Crippen LogP contribution in [-0.2, 0) is 0 Å². The third-order valence-corrected chi connectivity index (χ3v) is 8.54. The van der Waals surface area contributed by atoms with Crippen LogP contribution in [0.1, 0.15) is 43.9 Å². The molecule has 1 unspecified atom stereocenters. The summed E-state index contributed by atoms with van der Waals surface area (Å²) in [7, 11) is 0. The summed E-state index contributed by atoms with van der Waals surface area (Å²) in [6, 6.07) is 18.9. The molecule has 1 N–H and O–H groups in total. The third-order valence-electron chi connectivity index (χ3n) is 7.55. The summed E-state index contributed by atoms with van der Waals surface area (Å²) in [6.45, 7) is 10.1. The number of carbonyl (C=O) groups is 1. The van der Waals surface area contributed by atoms with Crippen LogP contribution in [0, 0.1) is 13.8 Å². The Kier molecular flexibility index (Phi) is 9.33. The zero-order valence-corrected chi connectivity index (χ0v) is 26.3. The van der Waals surface area contributed by atoms with Crippen molar-refractivity contribution in [3.8, 4) is 22.8 Å². The second-order valence-corrected chi connectivity index (χ2v) is 11.9. The Morgan fingerprint density at radius 1 is 1.02 bits per heavy atom. The predicted molar refractivity (Wildman–Crippen MR) is 173 cm³/mol. The van der Waals surface area contributed by atoms with Gasteiger partial charge in [0.05, 0.1) is 5.69 Å². The predicted octanol–water partition coefficient (Wildman–Crippen LogP) is 8.30. The number of hydrogen-bond acceptors (Lipinski definition) is 5. The van der Waals surface area contributed by atoms with E-state index in [1.807, 2.05) is 44.2 Å². The Labute approximate surface area is 264 Å². The van der Waals surface area contributed by atoms with Crippen LogP contribution in [0.15, 0.2) is 83.7 Å². The largest absolute Gasteiger partial charge is 0.573 e. The lowest BCUT2D eigenvalue weighted by Gasteiger charge is -2.37. The van der Waals surface area contributed by atoms with Crippen LogP contribution in [0.25, 0.3) is 22.6 Å². The molecule has 1 atom stereocenters. The summed E-state index contributed by atoms with van der Waals surface area (Å²) in [5.74, 6) is 1.03. The van der Waals surface area contributed by atoms with Crippen molar-refractivity contribution in [3.63, 3.8) is 0 Å². The molecule has 1 aliphatic rings. The van der Waals surface area contributed by atoms with Gasteiger partial charge >= 0.3 is 12.4 Å². The molecule has 0 saturated carbocycles. The van der Waals surface area contributed by atoms with Gasteiger partial charge in [0.15, 0.2) is 11.0 Å². The summed E-state index contributed by atoms with van der Waals surface area (Å²) in [5, 5.41) is 8.09. The molecule has 8 nitrogen and oxygen atoms in total. The molecule has 4 aromatic rings. The van der Waals surface area contributed by atoms with Crippen molar-refractivity contribution >= 4 is 34.2 Å². The van der Waals surface area contributed by atoms with Gasteiger partial charge in [-0.2, -0.15) is 4.99 Å². The molecule has 1 fully saturated rings. The molecule has 1 aromatic heterocycles. The van der Waals surface area contributed by atoms with E-state index in [4.69, 9.17) is 0 Å². The summed E-state index contributed by atoms with van der Waals surface area (Å²) in [6.07, 6.45) is -2.27. The van der Waals surface area contributed by atoms with Gasteiger partial charge in [0.25, 0.3) is 0 Å². The molecule has 5 rings (SSSR count). The summed E-state index contributed by atoms with van der Waals surface area (Å²) < 4.78 is 42.7. The average molecular weight is 635 g/mol. The SMILES string of the molecule is C/C(NC(=O)N=C1SCCC(C)N1c1c(C)cccc1C)=C(/C)c1ccc(-c2ncn(-c3ccc(OC(F)(F)F)cc3)n2)cc1. The van der Waals surface area contributed by atoms with Gasteiger partial charge in [0, 0.05) is 28.7 Å². The van der Waals surface area contributed by atoms with Crippen molar-refractivity contribution in [2.45, 2.75) is 53.4 Å². The fourth-order valence-electron chi connectivity index (χ4n) is 5.07. The van der Waals surface area contributed by atoms with E-state index < -0.39 is 12.4 Å². The number of amidine groups is 1. The molecular weight excluding hydrogens is 601 g/mol. The number of halogens is 3. The third kappa shape index (κ3) is 7.56. The number of allylic oxidation sites excluding steroid dienone is 2. The Bertz CT molecular complexity index is 1730. The minimum absolute atomic E-state index is 0.216. The molecule has 2 amide bonds. The number of aliphatic imine (C=N–C) groups is 1. The van der Waals surface area contributed by atoms with Crippen LogP contribution in [0.5, 0.6) is 5.75 Å². The number of urea groups is 1. The second-order valence-electron chi connectivity index (χ2n) is 10.8. The molecule has 2 heterocycles. The number of rotatable bonds is 6. The molecule has 45 heavy (non-hydrogen) atoms. The smallest absolute Gasteiger partial charge is 0.406 e. The first-order valence-electron chi connectivity index (χ1n) is 14.3. The standard InChI is InChI=1S/C33H33F3N6O2S/c1-20-7-6-8-21(2)29(20)42-22(3)17-18-45-32(42)39-31(43)38-24(5)23(4)25-9-11-26(12-10-25)30-37-19-41(40-30)27-13-15-28(16-14-27)44-33(34,35)36/h6-16,19,22H,17-18H2,1-5H3,(H,38,43)/b24-23+,39-32?. The Morgan fingerprint density at radius 3 is 2.33 bits per heavy atom. The van der Waals surface area contributed by atoms with Crippen LogP contribution in [0.2, 0.25) is 0 Å². The second kappa shape index (κ2) is 13.2. The van der Waals surface area contributed by atoms with Crippen molar-refractivity contribution < 1.29 is 22.7 Å². The molecule has 234 valence electrons. The summed E-state index contributed by atoms with van der Waals surface area (Å²) in [5.41, 5.74) is 7.14. The first kappa shape index (κ1) is 31.8. The maximum Gasteiger partial charge on any atom is 0.573 e. The number of nitrogens with one attached hydrogen (secondary N) is 1. The van der Waals surface area contributed by atoms with Crippen LogP contribution in [-0.4, -0.2) is 44.1 Å². The van der Waals surface area contributed by atoms with Crippen molar-refractivity contribution in [2.75, 3.05) is 10.7 Å². The number of aromatic nitrogens is 3. The molecule has 0 bridgehead atoms. The number of nitrogens with zero attached hydrogens (tertiary/aromatic N) is 5. The van der Waals surface area contributed by atoms with Gasteiger partial charge in [-0.25, -0.2) is 14.5 Å². The highest BCUT2D eigenvalue weighted by Gasteiger charge is 2.31. The van der Waals surface area contributed by atoms with Crippen LogP contribution in [0.4, 0.5) is 23.7 Å². The van der Waals surface area contributed by atoms with Crippen LogP contribution >= 0.6 is 11.8 Å². The number of ether oxygens (including phenoxy) is 1. The number of benzene rings is 3.